The molecule has 0 radical (unpaired) electrons. The van der Waals surface area contributed by atoms with Gasteiger partial charge in [-0.05, 0) is 48.2 Å². The monoisotopic (exact) mass is 406 g/mol. The number of halogens is 1. The minimum atomic E-state index is -3.60. The number of sulfonamides is 1. The van der Waals surface area contributed by atoms with Crippen LogP contribution in [-0.2, 0) is 27.0 Å². The Bertz CT molecular complexity index is 957. The molecular formula is C20H23ClN2O3S. The number of aryl methyl sites for hydroxylation is 1. The van der Waals surface area contributed by atoms with Crippen molar-refractivity contribution in [1.82, 2.24) is 0 Å². The smallest absolute Gasteiger partial charge is 0.236 e. The van der Waals surface area contributed by atoms with Crippen LogP contribution in [0.2, 0.25) is 5.02 Å². The largest absolute Gasteiger partial charge is 0.312 e. The van der Waals surface area contributed by atoms with Gasteiger partial charge < -0.3 is 4.90 Å². The van der Waals surface area contributed by atoms with Crippen molar-refractivity contribution in [3.8, 4) is 0 Å². The molecule has 2 aromatic carbocycles. The SMILES string of the molecule is CC(C)C(=O)N1CCCc2ccc(NS(=O)(=O)Cc3cccc(Cl)c3)cc21. The molecule has 0 aliphatic carbocycles. The number of carbonyl (C=O) groups is 1. The molecule has 0 aromatic heterocycles. The molecule has 0 unspecified atom stereocenters. The predicted molar refractivity (Wildman–Crippen MR) is 110 cm³/mol. The first-order chi connectivity index (χ1) is 12.7. The van der Waals surface area contributed by atoms with Crippen LogP contribution in [0.3, 0.4) is 0 Å². The summed E-state index contributed by atoms with van der Waals surface area (Å²) in [6.45, 7) is 4.39. The lowest BCUT2D eigenvalue weighted by Gasteiger charge is -2.31. The van der Waals surface area contributed by atoms with E-state index in [0.717, 1.165) is 24.1 Å². The maximum absolute atomic E-state index is 12.5. The van der Waals surface area contributed by atoms with Crippen molar-refractivity contribution in [3.63, 3.8) is 0 Å². The summed E-state index contributed by atoms with van der Waals surface area (Å²) in [5.74, 6) is -0.228. The van der Waals surface area contributed by atoms with Crippen molar-refractivity contribution in [2.75, 3.05) is 16.2 Å². The number of hydrogen-bond donors (Lipinski definition) is 1. The van der Waals surface area contributed by atoms with Crippen LogP contribution in [0.4, 0.5) is 11.4 Å². The summed E-state index contributed by atoms with van der Waals surface area (Å²) in [5.41, 5.74) is 2.93. The molecule has 1 N–H and O–H groups in total. The lowest BCUT2D eigenvalue weighted by Crippen LogP contribution is -2.38. The number of amides is 1. The number of fused-ring (bicyclic) bond motifs is 1. The van der Waals surface area contributed by atoms with Gasteiger partial charge in [-0.1, -0.05) is 43.6 Å². The van der Waals surface area contributed by atoms with E-state index < -0.39 is 10.0 Å². The average molecular weight is 407 g/mol. The molecule has 2 aromatic rings. The highest BCUT2D eigenvalue weighted by atomic mass is 35.5. The molecule has 0 atom stereocenters. The number of nitrogens with one attached hydrogen (secondary N) is 1. The van der Waals surface area contributed by atoms with E-state index in [1.165, 1.54) is 0 Å². The second kappa shape index (κ2) is 7.90. The first-order valence-corrected chi connectivity index (χ1v) is 11.0. The van der Waals surface area contributed by atoms with Crippen LogP contribution in [0.15, 0.2) is 42.5 Å². The third kappa shape index (κ3) is 4.82. The highest BCUT2D eigenvalue weighted by Crippen LogP contribution is 2.31. The Labute approximate surface area is 165 Å². The number of benzene rings is 2. The minimum absolute atomic E-state index is 0.0508. The molecule has 0 saturated heterocycles. The van der Waals surface area contributed by atoms with Gasteiger partial charge in [0.1, 0.15) is 0 Å². The normalized spacial score (nSPS) is 14.1. The Morgan fingerprint density at radius 2 is 2.00 bits per heavy atom. The molecule has 0 saturated carbocycles. The highest BCUT2D eigenvalue weighted by Gasteiger charge is 2.25. The zero-order chi connectivity index (χ0) is 19.6. The van der Waals surface area contributed by atoms with Gasteiger partial charge in [0.05, 0.1) is 11.4 Å². The van der Waals surface area contributed by atoms with Crippen molar-refractivity contribution in [2.45, 2.75) is 32.4 Å². The maximum atomic E-state index is 12.5. The standard InChI is InChI=1S/C20H23ClN2O3S/c1-14(2)20(24)23-10-4-6-16-8-9-18(12-19(16)23)22-27(25,26)13-15-5-3-7-17(21)11-15/h3,5,7-9,11-12,14,22H,4,6,10,13H2,1-2H3. The Kier molecular flexibility index (Phi) is 5.77. The summed E-state index contributed by atoms with van der Waals surface area (Å²) in [6, 6.07) is 12.2. The topological polar surface area (TPSA) is 66.5 Å². The summed E-state index contributed by atoms with van der Waals surface area (Å²) in [6.07, 6.45) is 1.79. The molecule has 144 valence electrons. The van der Waals surface area contributed by atoms with Gasteiger partial charge in [0.25, 0.3) is 0 Å². The number of carbonyl (C=O) groups excluding carboxylic acids is 1. The molecule has 5 nitrogen and oxygen atoms in total. The van der Waals surface area contributed by atoms with Crippen LogP contribution >= 0.6 is 11.6 Å². The molecule has 0 fully saturated rings. The van der Waals surface area contributed by atoms with Gasteiger partial charge >= 0.3 is 0 Å². The van der Waals surface area contributed by atoms with E-state index in [1.54, 1.807) is 41.3 Å². The lowest BCUT2D eigenvalue weighted by molar-refractivity contribution is -0.121. The van der Waals surface area contributed by atoms with Crippen LogP contribution in [0.25, 0.3) is 0 Å². The van der Waals surface area contributed by atoms with Crippen LogP contribution in [0.5, 0.6) is 0 Å². The fraction of sp³-hybridized carbons (Fsp3) is 0.350. The summed E-state index contributed by atoms with van der Waals surface area (Å²) in [5, 5.41) is 0.499. The van der Waals surface area contributed by atoms with Crippen LogP contribution in [-0.4, -0.2) is 20.9 Å². The Morgan fingerprint density at radius 1 is 1.22 bits per heavy atom. The van der Waals surface area contributed by atoms with Crippen molar-refractivity contribution in [1.29, 1.82) is 0 Å². The quantitative estimate of drug-likeness (QED) is 0.808. The van der Waals surface area contributed by atoms with Gasteiger partial charge in [0, 0.05) is 23.2 Å². The molecule has 27 heavy (non-hydrogen) atoms. The average Bonchev–Trinajstić information content (AvgIpc) is 2.59. The lowest BCUT2D eigenvalue weighted by atomic mass is 9.99. The van der Waals surface area contributed by atoms with Crippen LogP contribution in [0, 0.1) is 5.92 Å². The Morgan fingerprint density at radius 3 is 2.70 bits per heavy atom. The van der Waals surface area contributed by atoms with Crippen LogP contribution in [0.1, 0.15) is 31.4 Å². The second-order valence-electron chi connectivity index (χ2n) is 7.08. The Balaban J connectivity index is 1.83. The van der Waals surface area contributed by atoms with Gasteiger partial charge in [-0.15, -0.1) is 0 Å². The van der Waals surface area contributed by atoms with Crippen molar-refractivity contribution < 1.29 is 13.2 Å². The summed E-state index contributed by atoms with van der Waals surface area (Å²) in [7, 11) is -3.60. The zero-order valence-corrected chi connectivity index (χ0v) is 17.0. The third-order valence-electron chi connectivity index (χ3n) is 4.48. The molecule has 1 heterocycles. The number of anilines is 2. The first kappa shape index (κ1) is 19.7. The van der Waals surface area contributed by atoms with Gasteiger partial charge in [-0.2, -0.15) is 0 Å². The number of rotatable bonds is 5. The van der Waals surface area contributed by atoms with E-state index >= 15 is 0 Å². The van der Waals surface area contributed by atoms with Crippen molar-refractivity contribution in [3.05, 3.63) is 58.6 Å². The van der Waals surface area contributed by atoms with Gasteiger partial charge in [0.15, 0.2) is 0 Å². The number of nitrogens with zero attached hydrogens (tertiary/aromatic N) is 1. The van der Waals surface area contributed by atoms with Gasteiger partial charge in [-0.3, -0.25) is 9.52 Å². The second-order valence-corrected chi connectivity index (χ2v) is 9.24. The van der Waals surface area contributed by atoms with Gasteiger partial charge in [0.2, 0.25) is 15.9 Å². The maximum Gasteiger partial charge on any atom is 0.236 e. The first-order valence-electron chi connectivity index (χ1n) is 8.94. The molecule has 1 aliphatic heterocycles. The van der Waals surface area contributed by atoms with E-state index in [9.17, 15) is 13.2 Å². The van der Waals surface area contributed by atoms with E-state index in [2.05, 4.69) is 4.72 Å². The number of hydrogen-bond acceptors (Lipinski definition) is 3. The van der Waals surface area contributed by atoms with Crippen molar-refractivity contribution >= 4 is 38.9 Å². The summed E-state index contributed by atoms with van der Waals surface area (Å²) < 4.78 is 27.7. The van der Waals surface area contributed by atoms with Crippen molar-refractivity contribution in [2.24, 2.45) is 5.92 Å². The predicted octanol–water partition coefficient (Wildman–Crippen LogP) is 4.22. The van der Waals surface area contributed by atoms with E-state index in [-0.39, 0.29) is 17.6 Å². The molecule has 0 bridgehead atoms. The highest BCUT2D eigenvalue weighted by molar-refractivity contribution is 7.91. The third-order valence-corrected chi connectivity index (χ3v) is 5.98. The molecule has 1 amide bonds. The fourth-order valence-electron chi connectivity index (χ4n) is 3.24. The van der Waals surface area contributed by atoms with Crippen LogP contribution < -0.4 is 9.62 Å². The molecular weight excluding hydrogens is 384 g/mol. The minimum Gasteiger partial charge on any atom is -0.312 e. The van der Waals surface area contributed by atoms with E-state index in [0.29, 0.717) is 22.8 Å². The molecule has 3 rings (SSSR count). The molecule has 1 aliphatic rings. The Hall–Kier alpha value is -2.05. The molecule has 0 spiro atoms. The van der Waals surface area contributed by atoms with E-state index in [4.69, 9.17) is 11.6 Å². The van der Waals surface area contributed by atoms with Gasteiger partial charge in [-0.25, -0.2) is 8.42 Å². The fourth-order valence-corrected chi connectivity index (χ4v) is 4.63. The zero-order valence-electron chi connectivity index (χ0n) is 15.4. The summed E-state index contributed by atoms with van der Waals surface area (Å²) >= 11 is 5.93. The van der Waals surface area contributed by atoms with E-state index in [1.807, 2.05) is 19.9 Å². The summed E-state index contributed by atoms with van der Waals surface area (Å²) in [4.78, 5) is 14.3. The molecule has 7 heteroatoms.